The van der Waals surface area contributed by atoms with Crippen molar-refractivity contribution < 1.29 is 9.53 Å². The van der Waals surface area contributed by atoms with Gasteiger partial charge in [0.05, 0.1) is 24.9 Å². The van der Waals surface area contributed by atoms with Gasteiger partial charge in [-0.1, -0.05) is 34.5 Å². The van der Waals surface area contributed by atoms with Crippen molar-refractivity contribution in [3.05, 3.63) is 46.7 Å². The lowest BCUT2D eigenvalue weighted by atomic mass is 9.63. The molecule has 0 unspecified atom stereocenters. The van der Waals surface area contributed by atoms with Crippen molar-refractivity contribution in [3.8, 4) is 5.88 Å². The van der Waals surface area contributed by atoms with E-state index in [2.05, 4.69) is 42.9 Å². The molecular formula is C20H23BrN4O2. The zero-order chi connectivity index (χ0) is 18.9. The molecule has 0 N–H and O–H groups in total. The molecule has 2 aliphatic rings. The molecule has 142 valence electrons. The standard InChI is InChI=1S/C20H23BrN4O2/c1-27-18-14-22-13-17(23-18)24-9-11-25(12-10-24)19(26)20(7-2-8-20)15-3-5-16(21)6-4-15/h3-6,13-14H,2,7-12H2,1H3. The van der Waals surface area contributed by atoms with E-state index in [-0.39, 0.29) is 11.3 Å². The fraction of sp³-hybridized carbons (Fsp3) is 0.450. The summed E-state index contributed by atoms with van der Waals surface area (Å²) in [7, 11) is 1.59. The highest BCUT2D eigenvalue weighted by Crippen LogP contribution is 2.45. The highest BCUT2D eigenvalue weighted by Gasteiger charge is 2.47. The summed E-state index contributed by atoms with van der Waals surface area (Å²) >= 11 is 3.48. The molecule has 0 radical (unpaired) electrons. The number of rotatable bonds is 4. The second-order valence-corrected chi connectivity index (χ2v) is 8.06. The van der Waals surface area contributed by atoms with E-state index in [9.17, 15) is 4.79 Å². The van der Waals surface area contributed by atoms with E-state index < -0.39 is 0 Å². The van der Waals surface area contributed by atoms with Crippen LogP contribution in [0.25, 0.3) is 0 Å². The summed E-state index contributed by atoms with van der Waals surface area (Å²) in [5.41, 5.74) is 0.807. The van der Waals surface area contributed by atoms with Gasteiger partial charge in [-0.05, 0) is 30.5 Å². The lowest BCUT2D eigenvalue weighted by molar-refractivity contribution is -0.141. The van der Waals surface area contributed by atoms with Crippen LogP contribution in [0.3, 0.4) is 0 Å². The van der Waals surface area contributed by atoms with E-state index in [1.165, 1.54) is 0 Å². The normalized spacial score (nSPS) is 18.7. The lowest BCUT2D eigenvalue weighted by Crippen LogP contribution is -2.56. The van der Waals surface area contributed by atoms with E-state index in [4.69, 9.17) is 4.74 Å². The number of hydrogen-bond donors (Lipinski definition) is 0. The Balaban J connectivity index is 1.45. The quantitative estimate of drug-likeness (QED) is 0.745. The van der Waals surface area contributed by atoms with Gasteiger partial charge in [0.15, 0.2) is 5.82 Å². The van der Waals surface area contributed by atoms with Crippen LogP contribution in [0.2, 0.25) is 0 Å². The van der Waals surface area contributed by atoms with Crippen LogP contribution in [-0.4, -0.2) is 54.1 Å². The molecule has 4 rings (SSSR count). The van der Waals surface area contributed by atoms with Crippen molar-refractivity contribution in [1.82, 2.24) is 14.9 Å². The number of piperazine rings is 1. The first-order valence-electron chi connectivity index (χ1n) is 9.29. The molecule has 1 saturated heterocycles. The molecule has 1 aliphatic carbocycles. The third-order valence-electron chi connectivity index (χ3n) is 5.71. The summed E-state index contributed by atoms with van der Waals surface area (Å²) in [5.74, 6) is 1.58. The molecule has 1 aliphatic heterocycles. The summed E-state index contributed by atoms with van der Waals surface area (Å²) in [6.45, 7) is 2.92. The summed E-state index contributed by atoms with van der Waals surface area (Å²) in [6.07, 6.45) is 6.34. The predicted molar refractivity (Wildman–Crippen MR) is 107 cm³/mol. The SMILES string of the molecule is COc1cncc(N2CCN(C(=O)C3(c4ccc(Br)cc4)CCC3)CC2)n1. The Labute approximate surface area is 167 Å². The molecule has 27 heavy (non-hydrogen) atoms. The van der Waals surface area contributed by atoms with Gasteiger partial charge in [-0.2, -0.15) is 4.98 Å². The van der Waals surface area contributed by atoms with Crippen molar-refractivity contribution in [2.75, 3.05) is 38.2 Å². The third kappa shape index (κ3) is 3.40. The Morgan fingerprint density at radius 1 is 1.11 bits per heavy atom. The highest BCUT2D eigenvalue weighted by atomic mass is 79.9. The minimum atomic E-state index is -0.335. The van der Waals surface area contributed by atoms with Crippen molar-refractivity contribution in [2.45, 2.75) is 24.7 Å². The number of halogens is 1. The van der Waals surface area contributed by atoms with E-state index in [1.54, 1.807) is 19.5 Å². The minimum absolute atomic E-state index is 0.271. The van der Waals surface area contributed by atoms with Crippen LogP contribution in [0.5, 0.6) is 5.88 Å². The van der Waals surface area contributed by atoms with Crippen molar-refractivity contribution in [3.63, 3.8) is 0 Å². The molecule has 0 spiro atoms. The van der Waals surface area contributed by atoms with Crippen LogP contribution in [0.15, 0.2) is 41.1 Å². The number of methoxy groups -OCH3 is 1. The van der Waals surface area contributed by atoms with E-state index in [0.717, 1.165) is 48.2 Å². The number of aromatic nitrogens is 2. The molecule has 0 atom stereocenters. The third-order valence-corrected chi connectivity index (χ3v) is 6.24. The number of amides is 1. The van der Waals surface area contributed by atoms with Gasteiger partial charge in [-0.15, -0.1) is 0 Å². The Hall–Kier alpha value is -2.15. The average molecular weight is 431 g/mol. The van der Waals surface area contributed by atoms with Crippen molar-refractivity contribution in [2.24, 2.45) is 0 Å². The number of nitrogens with zero attached hydrogens (tertiary/aromatic N) is 4. The molecule has 2 aromatic rings. The smallest absolute Gasteiger partial charge is 0.233 e. The highest BCUT2D eigenvalue weighted by molar-refractivity contribution is 9.10. The second kappa shape index (κ2) is 7.46. The summed E-state index contributed by atoms with van der Waals surface area (Å²) < 4.78 is 6.20. The van der Waals surface area contributed by atoms with Crippen molar-refractivity contribution >= 4 is 27.7 Å². The Kier molecular flexibility index (Phi) is 5.04. The molecule has 0 bridgehead atoms. The van der Waals surface area contributed by atoms with Gasteiger partial charge in [0.25, 0.3) is 0 Å². The zero-order valence-corrected chi connectivity index (χ0v) is 17.0. The Morgan fingerprint density at radius 3 is 2.41 bits per heavy atom. The molecule has 1 saturated carbocycles. The zero-order valence-electron chi connectivity index (χ0n) is 15.4. The minimum Gasteiger partial charge on any atom is -0.480 e. The fourth-order valence-corrected chi connectivity index (χ4v) is 4.22. The molecule has 2 fully saturated rings. The van der Waals surface area contributed by atoms with Crippen LogP contribution in [0.4, 0.5) is 5.82 Å². The van der Waals surface area contributed by atoms with Crippen LogP contribution < -0.4 is 9.64 Å². The van der Waals surface area contributed by atoms with Crippen LogP contribution in [-0.2, 0) is 10.2 Å². The Bertz CT molecular complexity index is 815. The summed E-state index contributed by atoms with van der Waals surface area (Å²) in [6, 6.07) is 8.23. The number of benzene rings is 1. The molecule has 2 heterocycles. The number of hydrogen-bond acceptors (Lipinski definition) is 5. The van der Waals surface area contributed by atoms with E-state index >= 15 is 0 Å². The number of carbonyl (C=O) groups is 1. The topological polar surface area (TPSA) is 58.6 Å². The molecule has 1 aromatic heterocycles. The number of ether oxygens (including phenoxy) is 1. The van der Waals surface area contributed by atoms with Crippen LogP contribution in [0.1, 0.15) is 24.8 Å². The van der Waals surface area contributed by atoms with Crippen LogP contribution >= 0.6 is 15.9 Å². The van der Waals surface area contributed by atoms with Crippen LogP contribution in [0, 0.1) is 0 Å². The maximum atomic E-state index is 13.4. The summed E-state index contributed by atoms with van der Waals surface area (Å²) in [5, 5.41) is 0. The average Bonchev–Trinajstić information content (AvgIpc) is 2.68. The summed E-state index contributed by atoms with van der Waals surface area (Å²) in [4.78, 5) is 26.2. The maximum absolute atomic E-state index is 13.4. The molecular weight excluding hydrogens is 408 g/mol. The molecule has 7 heteroatoms. The predicted octanol–water partition coefficient (Wildman–Crippen LogP) is 3.02. The first-order chi connectivity index (χ1) is 13.1. The first kappa shape index (κ1) is 18.2. The van der Waals surface area contributed by atoms with Crippen molar-refractivity contribution in [1.29, 1.82) is 0 Å². The molecule has 6 nitrogen and oxygen atoms in total. The van der Waals surface area contributed by atoms with Gasteiger partial charge < -0.3 is 14.5 Å². The molecule has 1 aromatic carbocycles. The van der Waals surface area contributed by atoms with Gasteiger partial charge in [-0.3, -0.25) is 9.78 Å². The van der Waals surface area contributed by atoms with Gasteiger partial charge in [0, 0.05) is 30.7 Å². The largest absolute Gasteiger partial charge is 0.480 e. The maximum Gasteiger partial charge on any atom is 0.233 e. The van der Waals surface area contributed by atoms with E-state index in [1.807, 2.05) is 17.0 Å². The second-order valence-electron chi connectivity index (χ2n) is 7.14. The number of anilines is 1. The molecule has 1 amide bonds. The van der Waals surface area contributed by atoms with E-state index in [0.29, 0.717) is 19.0 Å². The lowest BCUT2D eigenvalue weighted by Gasteiger charge is -2.46. The fourth-order valence-electron chi connectivity index (χ4n) is 3.96. The Morgan fingerprint density at radius 2 is 1.81 bits per heavy atom. The van der Waals surface area contributed by atoms with Gasteiger partial charge >= 0.3 is 0 Å². The van der Waals surface area contributed by atoms with Gasteiger partial charge in [0.2, 0.25) is 11.8 Å². The monoisotopic (exact) mass is 430 g/mol. The van der Waals surface area contributed by atoms with Gasteiger partial charge in [-0.25, -0.2) is 0 Å². The number of carbonyl (C=O) groups excluding carboxylic acids is 1. The first-order valence-corrected chi connectivity index (χ1v) is 10.1. The van der Waals surface area contributed by atoms with Gasteiger partial charge in [0.1, 0.15) is 0 Å².